The van der Waals surface area contributed by atoms with Gasteiger partial charge in [0.15, 0.2) is 0 Å². The van der Waals surface area contributed by atoms with Gasteiger partial charge in [0.05, 0.1) is 6.61 Å². The highest BCUT2D eigenvalue weighted by Gasteiger charge is 2.40. The molecule has 0 radical (unpaired) electrons. The maximum Gasteiger partial charge on any atom is 0.123 e. The second-order valence-electron chi connectivity index (χ2n) is 5.32. The van der Waals surface area contributed by atoms with Crippen LogP contribution in [-0.2, 0) is 0 Å². The van der Waals surface area contributed by atoms with Crippen molar-refractivity contribution in [2.45, 2.75) is 50.9 Å². The van der Waals surface area contributed by atoms with Crippen LogP contribution in [0, 0.1) is 0 Å². The Morgan fingerprint density at radius 1 is 1.24 bits per heavy atom. The maximum atomic E-state index is 9.99. The normalized spacial score (nSPS) is 25.0. The van der Waals surface area contributed by atoms with E-state index in [2.05, 4.69) is 6.92 Å². The van der Waals surface area contributed by atoms with E-state index in [1.54, 1.807) is 6.07 Å². The van der Waals surface area contributed by atoms with Crippen molar-refractivity contribution in [3.8, 4) is 11.5 Å². The molecule has 1 aromatic rings. The van der Waals surface area contributed by atoms with Crippen molar-refractivity contribution >= 4 is 0 Å². The molecular weight excluding hydrogens is 212 g/mol. The molecule has 1 fully saturated rings. The lowest BCUT2D eigenvalue weighted by molar-refractivity contribution is 0.303. The van der Waals surface area contributed by atoms with Gasteiger partial charge in [-0.3, -0.25) is 0 Å². The third-order valence-corrected chi connectivity index (χ3v) is 4.23. The number of phenols is 1. The van der Waals surface area contributed by atoms with Crippen LogP contribution in [0.15, 0.2) is 12.1 Å². The molecule has 2 nitrogen and oxygen atoms in total. The quantitative estimate of drug-likeness (QED) is 0.797. The molecule has 3 rings (SSSR count). The second-order valence-corrected chi connectivity index (χ2v) is 5.32. The summed E-state index contributed by atoms with van der Waals surface area (Å²) in [4.78, 5) is 0. The highest BCUT2D eigenvalue weighted by molar-refractivity contribution is 5.56. The van der Waals surface area contributed by atoms with E-state index in [9.17, 15) is 5.11 Å². The van der Waals surface area contributed by atoms with Crippen LogP contribution in [0.2, 0.25) is 0 Å². The first kappa shape index (κ1) is 10.9. The lowest BCUT2D eigenvalue weighted by atomic mass is 9.90. The van der Waals surface area contributed by atoms with E-state index in [4.69, 9.17) is 4.74 Å². The molecule has 17 heavy (non-hydrogen) atoms. The first-order valence-electron chi connectivity index (χ1n) is 6.79. The fourth-order valence-electron chi connectivity index (χ4n) is 3.41. The predicted molar refractivity (Wildman–Crippen MR) is 67.8 cm³/mol. The Morgan fingerprint density at radius 2 is 2.00 bits per heavy atom. The van der Waals surface area contributed by atoms with Crippen LogP contribution in [0.1, 0.15) is 62.0 Å². The van der Waals surface area contributed by atoms with Crippen molar-refractivity contribution in [3.05, 3.63) is 23.3 Å². The summed E-state index contributed by atoms with van der Waals surface area (Å²) in [5.41, 5.74) is 2.51. The van der Waals surface area contributed by atoms with Crippen molar-refractivity contribution in [3.63, 3.8) is 0 Å². The van der Waals surface area contributed by atoms with Gasteiger partial charge in [-0.1, -0.05) is 13.3 Å². The lowest BCUT2D eigenvalue weighted by Crippen LogP contribution is -2.04. The van der Waals surface area contributed by atoms with Gasteiger partial charge in [0.25, 0.3) is 0 Å². The summed E-state index contributed by atoms with van der Waals surface area (Å²) in [6, 6.07) is 3.76. The number of aromatic hydroxyl groups is 1. The zero-order chi connectivity index (χ0) is 11.8. The molecule has 0 aromatic heterocycles. The third-order valence-electron chi connectivity index (χ3n) is 4.23. The van der Waals surface area contributed by atoms with Gasteiger partial charge in [0.1, 0.15) is 11.5 Å². The molecule has 2 aliphatic rings. The van der Waals surface area contributed by atoms with Crippen LogP contribution in [-0.4, -0.2) is 11.7 Å². The van der Waals surface area contributed by atoms with E-state index in [1.807, 2.05) is 6.07 Å². The molecule has 0 aliphatic heterocycles. The SMILES string of the molecule is CCCCOc1ccc(O)c2c1C1CCC2C1. The third kappa shape index (κ3) is 1.70. The summed E-state index contributed by atoms with van der Waals surface area (Å²) in [5, 5.41) is 9.99. The van der Waals surface area contributed by atoms with Gasteiger partial charge in [-0.2, -0.15) is 0 Å². The Hall–Kier alpha value is -1.18. The van der Waals surface area contributed by atoms with E-state index >= 15 is 0 Å². The van der Waals surface area contributed by atoms with Gasteiger partial charge in [-0.25, -0.2) is 0 Å². The van der Waals surface area contributed by atoms with Gasteiger partial charge in [-0.05, 0) is 49.7 Å². The fourth-order valence-corrected chi connectivity index (χ4v) is 3.41. The van der Waals surface area contributed by atoms with Crippen molar-refractivity contribution in [1.82, 2.24) is 0 Å². The van der Waals surface area contributed by atoms with E-state index < -0.39 is 0 Å². The number of unbranched alkanes of at least 4 members (excludes halogenated alkanes) is 1. The second kappa shape index (κ2) is 4.25. The van der Waals surface area contributed by atoms with Gasteiger partial charge < -0.3 is 9.84 Å². The zero-order valence-electron chi connectivity index (χ0n) is 10.4. The number of phenolic OH excluding ortho intramolecular Hbond substituents is 1. The molecule has 2 bridgehead atoms. The topological polar surface area (TPSA) is 29.5 Å². The van der Waals surface area contributed by atoms with Crippen LogP contribution in [0.3, 0.4) is 0 Å². The molecule has 2 unspecified atom stereocenters. The molecule has 1 saturated carbocycles. The van der Waals surface area contributed by atoms with Crippen LogP contribution in [0.25, 0.3) is 0 Å². The van der Waals surface area contributed by atoms with E-state index in [-0.39, 0.29) is 0 Å². The van der Waals surface area contributed by atoms with Crippen LogP contribution in [0.5, 0.6) is 11.5 Å². The summed E-state index contributed by atoms with van der Waals surface area (Å²) in [6.45, 7) is 2.97. The minimum absolute atomic E-state index is 0.482. The minimum atomic E-state index is 0.482. The largest absolute Gasteiger partial charge is 0.508 e. The summed E-state index contributed by atoms with van der Waals surface area (Å²) < 4.78 is 5.89. The van der Waals surface area contributed by atoms with Gasteiger partial charge in [0, 0.05) is 11.1 Å². The summed E-state index contributed by atoms with van der Waals surface area (Å²) >= 11 is 0. The Morgan fingerprint density at radius 3 is 2.76 bits per heavy atom. The number of hydrogen-bond acceptors (Lipinski definition) is 2. The smallest absolute Gasteiger partial charge is 0.123 e. The molecule has 2 atom stereocenters. The zero-order valence-corrected chi connectivity index (χ0v) is 10.4. The molecule has 1 N–H and O–H groups in total. The summed E-state index contributed by atoms with van der Waals surface area (Å²) in [5.74, 6) is 2.73. The van der Waals surface area contributed by atoms with E-state index in [0.717, 1.165) is 25.2 Å². The molecular formula is C15H20O2. The molecule has 92 valence electrons. The molecule has 0 saturated heterocycles. The number of benzene rings is 1. The average Bonchev–Trinajstić information content (AvgIpc) is 2.93. The van der Waals surface area contributed by atoms with Crippen molar-refractivity contribution < 1.29 is 9.84 Å². The summed E-state index contributed by atoms with van der Waals surface area (Å²) in [7, 11) is 0. The Kier molecular flexibility index (Phi) is 2.73. The van der Waals surface area contributed by atoms with Crippen LogP contribution in [0.4, 0.5) is 0 Å². The Bertz CT molecular complexity index is 425. The van der Waals surface area contributed by atoms with Crippen LogP contribution < -0.4 is 4.74 Å². The number of rotatable bonds is 4. The first-order chi connectivity index (χ1) is 8.31. The average molecular weight is 232 g/mol. The molecule has 2 heteroatoms. The van der Waals surface area contributed by atoms with Crippen molar-refractivity contribution in [2.24, 2.45) is 0 Å². The van der Waals surface area contributed by atoms with E-state index in [1.165, 1.54) is 30.4 Å². The molecule has 0 spiro atoms. The van der Waals surface area contributed by atoms with E-state index in [0.29, 0.717) is 17.6 Å². The molecule has 0 heterocycles. The van der Waals surface area contributed by atoms with Gasteiger partial charge in [0.2, 0.25) is 0 Å². The van der Waals surface area contributed by atoms with Gasteiger partial charge in [-0.15, -0.1) is 0 Å². The number of hydrogen-bond donors (Lipinski definition) is 1. The first-order valence-corrected chi connectivity index (χ1v) is 6.79. The summed E-state index contributed by atoms with van der Waals surface area (Å²) in [6.07, 6.45) is 5.99. The molecule has 1 aromatic carbocycles. The Balaban J connectivity index is 1.91. The standard InChI is InChI=1S/C15H20O2/c1-2-3-8-17-13-7-6-12(16)14-10-4-5-11(9-10)15(13)14/h6-7,10-11,16H,2-5,8-9H2,1H3. The Labute approximate surface area is 103 Å². The maximum absolute atomic E-state index is 9.99. The number of fused-ring (bicyclic) bond motifs is 5. The minimum Gasteiger partial charge on any atom is -0.508 e. The molecule has 0 amide bonds. The molecule has 2 aliphatic carbocycles. The number of ether oxygens (including phenoxy) is 1. The monoisotopic (exact) mass is 232 g/mol. The highest BCUT2D eigenvalue weighted by Crippen LogP contribution is 2.58. The van der Waals surface area contributed by atoms with Crippen molar-refractivity contribution in [1.29, 1.82) is 0 Å². The van der Waals surface area contributed by atoms with Crippen molar-refractivity contribution in [2.75, 3.05) is 6.61 Å². The predicted octanol–water partition coefficient (Wildman–Crippen LogP) is 3.94. The lowest BCUT2D eigenvalue weighted by Gasteiger charge is -2.20. The fraction of sp³-hybridized carbons (Fsp3) is 0.600. The van der Waals surface area contributed by atoms with Gasteiger partial charge >= 0.3 is 0 Å². The van der Waals surface area contributed by atoms with Crippen LogP contribution >= 0.6 is 0 Å². The highest BCUT2D eigenvalue weighted by atomic mass is 16.5.